The lowest BCUT2D eigenvalue weighted by atomic mass is 9.73. The zero-order valence-electron chi connectivity index (χ0n) is 11.5. The maximum Gasteiger partial charge on any atom is 0.208 e. The maximum absolute atomic E-state index is 11.4. The highest BCUT2D eigenvalue weighted by Crippen LogP contribution is 2.36. The molecule has 0 saturated carbocycles. The Morgan fingerprint density at radius 2 is 1.89 bits per heavy atom. The number of aryl methyl sites for hydroxylation is 1. The Morgan fingerprint density at radius 3 is 2.47 bits per heavy atom. The van der Waals surface area contributed by atoms with Gasteiger partial charge in [-0.1, -0.05) is 24.3 Å². The molecule has 1 aliphatic rings. The summed E-state index contributed by atoms with van der Waals surface area (Å²) in [6, 6.07) is 8.20. The number of hydrogen-bond acceptors (Lipinski definition) is 3. The average molecular weight is 283 g/mol. The van der Waals surface area contributed by atoms with E-state index in [4.69, 9.17) is 4.74 Å². The van der Waals surface area contributed by atoms with Crippen molar-refractivity contribution in [2.75, 3.05) is 26.0 Å². The van der Waals surface area contributed by atoms with Crippen LogP contribution in [0.2, 0.25) is 0 Å². The van der Waals surface area contributed by atoms with Gasteiger partial charge in [-0.3, -0.25) is 0 Å². The molecule has 0 radical (unpaired) electrons. The number of benzene rings is 1. The lowest BCUT2D eigenvalue weighted by molar-refractivity contribution is 0.0515. The zero-order chi connectivity index (χ0) is 13.9. The van der Waals surface area contributed by atoms with Gasteiger partial charge in [0.1, 0.15) is 0 Å². The molecule has 2 rings (SSSR count). The summed E-state index contributed by atoms with van der Waals surface area (Å²) in [5, 5.41) is 0. The predicted molar refractivity (Wildman–Crippen MR) is 75.8 cm³/mol. The Kier molecular flexibility index (Phi) is 4.28. The Labute approximate surface area is 115 Å². The van der Waals surface area contributed by atoms with Gasteiger partial charge < -0.3 is 4.74 Å². The molecule has 19 heavy (non-hydrogen) atoms. The van der Waals surface area contributed by atoms with Crippen molar-refractivity contribution in [2.45, 2.75) is 25.2 Å². The van der Waals surface area contributed by atoms with Gasteiger partial charge >= 0.3 is 0 Å². The van der Waals surface area contributed by atoms with Crippen molar-refractivity contribution >= 4 is 10.0 Å². The van der Waals surface area contributed by atoms with Gasteiger partial charge in [-0.15, -0.1) is 0 Å². The minimum absolute atomic E-state index is 0.146. The van der Waals surface area contributed by atoms with Gasteiger partial charge in [-0.05, 0) is 30.9 Å². The molecule has 1 saturated heterocycles. The van der Waals surface area contributed by atoms with E-state index in [1.54, 1.807) is 0 Å². The molecule has 0 spiro atoms. The summed E-state index contributed by atoms with van der Waals surface area (Å²) in [6.07, 6.45) is 2.90. The molecule has 0 amide bonds. The van der Waals surface area contributed by atoms with Gasteiger partial charge in [0.15, 0.2) is 0 Å². The first-order valence-electron chi connectivity index (χ1n) is 6.51. The lowest BCUT2D eigenvalue weighted by Crippen LogP contribution is -2.44. The third-order valence-corrected chi connectivity index (χ3v) is 4.51. The first-order valence-corrected chi connectivity index (χ1v) is 8.41. The third-order valence-electron chi connectivity index (χ3n) is 3.84. The molecule has 0 unspecified atom stereocenters. The number of ether oxygens (including phenoxy) is 1. The topological polar surface area (TPSA) is 55.4 Å². The monoisotopic (exact) mass is 283 g/mol. The molecule has 0 aromatic heterocycles. The van der Waals surface area contributed by atoms with Crippen LogP contribution in [0.4, 0.5) is 0 Å². The minimum Gasteiger partial charge on any atom is -0.381 e. The summed E-state index contributed by atoms with van der Waals surface area (Å²) in [7, 11) is -3.17. The van der Waals surface area contributed by atoms with Crippen molar-refractivity contribution in [1.29, 1.82) is 0 Å². The van der Waals surface area contributed by atoms with E-state index in [9.17, 15) is 8.42 Å². The first-order chi connectivity index (χ1) is 8.93. The summed E-state index contributed by atoms with van der Waals surface area (Å²) < 4.78 is 30.9. The maximum atomic E-state index is 11.4. The molecule has 4 nitrogen and oxygen atoms in total. The third kappa shape index (κ3) is 3.55. The Hall–Kier alpha value is -0.910. The fourth-order valence-corrected chi connectivity index (χ4v) is 3.28. The molecule has 1 heterocycles. The standard InChI is InChI=1S/C14H21NO3S/c1-12-5-3-4-6-13(12)14(7-9-18-10-8-14)11-15-19(2,16)17/h3-6,15H,7-11H2,1-2H3. The van der Waals surface area contributed by atoms with Gasteiger partial charge in [-0.2, -0.15) is 0 Å². The number of hydrogen-bond donors (Lipinski definition) is 1. The first kappa shape index (κ1) is 14.5. The molecule has 0 atom stereocenters. The molecule has 5 heteroatoms. The van der Waals surface area contributed by atoms with E-state index in [2.05, 4.69) is 23.8 Å². The number of nitrogens with one attached hydrogen (secondary N) is 1. The lowest BCUT2D eigenvalue weighted by Gasteiger charge is -2.38. The second kappa shape index (κ2) is 5.61. The van der Waals surface area contributed by atoms with Gasteiger partial charge in [0.25, 0.3) is 0 Å². The van der Waals surface area contributed by atoms with Crippen LogP contribution >= 0.6 is 0 Å². The van der Waals surface area contributed by atoms with Crippen LogP contribution in [0.15, 0.2) is 24.3 Å². The van der Waals surface area contributed by atoms with Gasteiger partial charge in [0.2, 0.25) is 10.0 Å². The van der Waals surface area contributed by atoms with Crippen LogP contribution in [-0.4, -0.2) is 34.4 Å². The van der Waals surface area contributed by atoms with Crippen molar-refractivity contribution in [3.8, 4) is 0 Å². The van der Waals surface area contributed by atoms with E-state index in [0.717, 1.165) is 12.8 Å². The Morgan fingerprint density at radius 1 is 1.26 bits per heavy atom. The molecule has 1 N–H and O–H groups in total. The largest absolute Gasteiger partial charge is 0.381 e. The summed E-state index contributed by atoms with van der Waals surface area (Å²) in [4.78, 5) is 0. The van der Waals surface area contributed by atoms with Crippen molar-refractivity contribution in [1.82, 2.24) is 4.72 Å². The summed E-state index contributed by atoms with van der Waals surface area (Å²) in [6.45, 7) is 3.88. The van der Waals surface area contributed by atoms with E-state index < -0.39 is 10.0 Å². The predicted octanol–water partition coefficient (Wildman–Crippen LogP) is 1.59. The van der Waals surface area contributed by atoms with Crippen molar-refractivity contribution in [3.63, 3.8) is 0 Å². The van der Waals surface area contributed by atoms with Crippen LogP contribution in [0.25, 0.3) is 0 Å². The van der Waals surface area contributed by atoms with Crippen LogP contribution in [-0.2, 0) is 20.2 Å². The molecule has 1 fully saturated rings. The van der Waals surface area contributed by atoms with Crippen molar-refractivity contribution in [2.24, 2.45) is 0 Å². The molecule has 1 aliphatic heterocycles. The normalized spacial score (nSPS) is 19.3. The van der Waals surface area contributed by atoms with Crippen molar-refractivity contribution < 1.29 is 13.2 Å². The van der Waals surface area contributed by atoms with Crippen LogP contribution in [0.3, 0.4) is 0 Å². The SMILES string of the molecule is Cc1ccccc1C1(CNS(C)(=O)=O)CCOCC1. The van der Waals surface area contributed by atoms with Crippen LogP contribution < -0.4 is 4.72 Å². The highest BCUT2D eigenvalue weighted by atomic mass is 32.2. The molecule has 0 aliphatic carbocycles. The minimum atomic E-state index is -3.17. The molecule has 1 aromatic rings. The Bertz CT molecular complexity index is 533. The van der Waals surface area contributed by atoms with E-state index in [1.165, 1.54) is 17.4 Å². The quantitative estimate of drug-likeness (QED) is 0.913. The highest BCUT2D eigenvalue weighted by Gasteiger charge is 2.35. The fraction of sp³-hybridized carbons (Fsp3) is 0.571. The molecular formula is C14H21NO3S. The van der Waals surface area contributed by atoms with Gasteiger partial charge in [0.05, 0.1) is 6.26 Å². The highest BCUT2D eigenvalue weighted by molar-refractivity contribution is 7.88. The molecule has 0 bridgehead atoms. The van der Waals surface area contributed by atoms with Gasteiger partial charge in [0, 0.05) is 25.2 Å². The van der Waals surface area contributed by atoms with E-state index >= 15 is 0 Å². The van der Waals surface area contributed by atoms with E-state index in [-0.39, 0.29) is 5.41 Å². The van der Waals surface area contributed by atoms with Crippen LogP contribution in [0, 0.1) is 6.92 Å². The van der Waals surface area contributed by atoms with Gasteiger partial charge in [-0.25, -0.2) is 13.1 Å². The number of rotatable bonds is 4. The van der Waals surface area contributed by atoms with E-state index in [0.29, 0.717) is 19.8 Å². The van der Waals surface area contributed by atoms with Crippen LogP contribution in [0.5, 0.6) is 0 Å². The van der Waals surface area contributed by atoms with Crippen LogP contribution in [0.1, 0.15) is 24.0 Å². The molecule has 1 aromatic carbocycles. The smallest absolute Gasteiger partial charge is 0.208 e. The summed E-state index contributed by atoms with van der Waals surface area (Å²) in [5.74, 6) is 0. The second-order valence-corrected chi connectivity index (χ2v) is 7.13. The summed E-state index contributed by atoms with van der Waals surface area (Å²) >= 11 is 0. The average Bonchev–Trinajstić information content (AvgIpc) is 2.37. The summed E-state index contributed by atoms with van der Waals surface area (Å²) in [5.41, 5.74) is 2.29. The second-order valence-electron chi connectivity index (χ2n) is 5.30. The van der Waals surface area contributed by atoms with E-state index in [1.807, 2.05) is 12.1 Å². The molecule has 106 valence electrons. The van der Waals surface area contributed by atoms with Crippen molar-refractivity contribution in [3.05, 3.63) is 35.4 Å². The molecular weight excluding hydrogens is 262 g/mol. The number of sulfonamides is 1. The zero-order valence-corrected chi connectivity index (χ0v) is 12.3. The Balaban J connectivity index is 2.32. The fourth-order valence-electron chi connectivity index (χ4n) is 2.74.